The Hall–Kier alpha value is -3.05. The first-order valence-corrected chi connectivity index (χ1v) is 13.8. The number of likely N-dealkylation sites (tertiary alicyclic amines) is 1. The predicted octanol–water partition coefficient (Wildman–Crippen LogP) is 6.49. The Bertz CT molecular complexity index is 1240. The fraction of sp³-hybridized carbons (Fsp3) is 0.469. The molecule has 2 aromatic rings. The van der Waals surface area contributed by atoms with E-state index in [9.17, 15) is 0 Å². The second kappa shape index (κ2) is 10.0. The molecule has 1 unspecified atom stereocenters. The van der Waals surface area contributed by atoms with Crippen LogP contribution in [-0.4, -0.2) is 47.4 Å². The summed E-state index contributed by atoms with van der Waals surface area (Å²) >= 11 is 0. The van der Waals surface area contributed by atoms with Crippen LogP contribution >= 0.6 is 0 Å². The molecule has 0 radical (unpaired) electrons. The quantitative estimate of drug-likeness (QED) is 0.424. The number of aryl methyl sites for hydroxylation is 1. The zero-order valence-corrected chi connectivity index (χ0v) is 23.0. The van der Waals surface area contributed by atoms with Gasteiger partial charge in [-0.15, -0.1) is 0 Å². The van der Waals surface area contributed by atoms with Gasteiger partial charge in [0.25, 0.3) is 0 Å². The van der Waals surface area contributed by atoms with Crippen LogP contribution in [0.5, 0.6) is 0 Å². The number of piperidine rings is 1. The van der Waals surface area contributed by atoms with E-state index in [4.69, 9.17) is 10.7 Å². The van der Waals surface area contributed by atoms with E-state index >= 15 is 0 Å². The maximum Gasteiger partial charge on any atom is 0.0873 e. The van der Waals surface area contributed by atoms with Gasteiger partial charge in [0.2, 0.25) is 0 Å². The molecule has 1 aliphatic carbocycles. The number of aliphatic imine (C=N–C) groups is 1. The smallest absolute Gasteiger partial charge is 0.0873 e. The number of aromatic nitrogens is 1. The maximum absolute atomic E-state index is 6.30. The highest BCUT2D eigenvalue weighted by atomic mass is 15.2. The molecule has 1 atom stereocenters. The van der Waals surface area contributed by atoms with Crippen molar-refractivity contribution in [2.75, 3.05) is 25.0 Å². The zero-order valence-electron chi connectivity index (χ0n) is 23.0. The standard InChI is InChI=1S/C32H43N5/c1-7-24-17-28(37(30(24)8-2)20-23-11-12-23)19-34-29-18-26(22(3)36-15-9-10-27(33)21-36)16-25-13-14-32(4,5)35(6)31(25)29/h7-8,16-19,23,27H,1-3,9-15,20-21,33H2,4-6H3. The summed E-state index contributed by atoms with van der Waals surface area (Å²) < 4.78 is 2.36. The van der Waals surface area contributed by atoms with Gasteiger partial charge >= 0.3 is 0 Å². The molecule has 3 aliphatic rings. The van der Waals surface area contributed by atoms with E-state index in [1.165, 1.54) is 24.1 Å². The largest absolute Gasteiger partial charge is 0.370 e. The molecule has 2 fully saturated rings. The molecule has 2 N–H and O–H groups in total. The second-order valence-corrected chi connectivity index (χ2v) is 11.8. The lowest BCUT2D eigenvalue weighted by molar-refractivity contribution is 0.296. The first-order valence-electron chi connectivity index (χ1n) is 13.8. The normalized spacial score (nSPS) is 21.2. The summed E-state index contributed by atoms with van der Waals surface area (Å²) in [6.07, 6.45) is 12.9. The third kappa shape index (κ3) is 5.06. The van der Waals surface area contributed by atoms with Gasteiger partial charge in [-0.2, -0.15) is 0 Å². The topological polar surface area (TPSA) is 49.8 Å². The number of rotatable bonds is 8. The third-order valence-corrected chi connectivity index (χ3v) is 8.68. The van der Waals surface area contributed by atoms with Gasteiger partial charge < -0.3 is 20.1 Å². The molecule has 3 heterocycles. The number of benzene rings is 1. The molecule has 2 aliphatic heterocycles. The minimum absolute atomic E-state index is 0.0770. The van der Waals surface area contributed by atoms with Crippen LogP contribution in [0.2, 0.25) is 0 Å². The monoisotopic (exact) mass is 497 g/mol. The Kier molecular flexibility index (Phi) is 6.93. The van der Waals surface area contributed by atoms with Gasteiger partial charge in [-0.05, 0) is 99.3 Å². The van der Waals surface area contributed by atoms with Crippen LogP contribution in [0, 0.1) is 5.92 Å². The van der Waals surface area contributed by atoms with E-state index in [1.807, 2.05) is 18.4 Å². The molecule has 5 nitrogen and oxygen atoms in total. The summed E-state index contributed by atoms with van der Waals surface area (Å²) in [7, 11) is 2.20. The number of hydrogen-bond acceptors (Lipinski definition) is 4. The van der Waals surface area contributed by atoms with E-state index in [0.717, 1.165) is 85.1 Å². The molecule has 0 bridgehead atoms. The summed E-state index contributed by atoms with van der Waals surface area (Å²) in [5.74, 6) is 0.748. The molecule has 1 saturated heterocycles. The van der Waals surface area contributed by atoms with Crippen LogP contribution in [0.4, 0.5) is 11.4 Å². The lowest BCUT2D eigenvalue weighted by atomic mass is 9.86. The molecule has 0 spiro atoms. The molecule has 5 rings (SSSR count). The molecule has 1 aromatic heterocycles. The van der Waals surface area contributed by atoms with Crippen molar-refractivity contribution >= 4 is 35.4 Å². The summed E-state index contributed by atoms with van der Waals surface area (Å²) in [4.78, 5) is 9.95. The lowest BCUT2D eigenvalue weighted by Gasteiger charge is -2.43. The van der Waals surface area contributed by atoms with Crippen molar-refractivity contribution in [3.8, 4) is 0 Å². The molecule has 196 valence electrons. The average molecular weight is 498 g/mol. The van der Waals surface area contributed by atoms with Crippen LogP contribution in [0.25, 0.3) is 17.8 Å². The molecule has 1 saturated carbocycles. The molecular weight excluding hydrogens is 454 g/mol. The third-order valence-electron chi connectivity index (χ3n) is 8.68. The van der Waals surface area contributed by atoms with E-state index in [-0.39, 0.29) is 11.6 Å². The molecular formula is C32H43N5. The molecule has 1 aromatic carbocycles. The van der Waals surface area contributed by atoms with Gasteiger partial charge in [0.15, 0.2) is 0 Å². The first kappa shape index (κ1) is 25.6. The first-order chi connectivity index (χ1) is 17.7. The Balaban J connectivity index is 1.57. The molecule has 0 amide bonds. The summed E-state index contributed by atoms with van der Waals surface area (Å²) in [5.41, 5.74) is 15.5. The van der Waals surface area contributed by atoms with E-state index < -0.39 is 0 Å². The number of nitrogens with two attached hydrogens (primary N) is 1. The number of nitrogens with zero attached hydrogens (tertiary/aromatic N) is 4. The summed E-state index contributed by atoms with van der Waals surface area (Å²) in [5, 5.41) is 0. The Morgan fingerprint density at radius 2 is 1.95 bits per heavy atom. The average Bonchev–Trinajstić information content (AvgIpc) is 3.64. The summed E-state index contributed by atoms with van der Waals surface area (Å²) in [6.45, 7) is 20.1. The number of anilines is 1. The second-order valence-electron chi connectivity index (χ2n) is 11.8. The van der Waals surface area contributed by atoms with Crippen molar-refractivity contribution < 1.29 is 0 Å². The van der Waals surface area contributed by atoms with Crippen LogP contribution in [0.15, 0.2) is 42.9 Å². The minimum atomic E-state index is 0.0770. The van der Waals surface area contributed by atoms with E-state index in [1.54, 1.807) is 0 Å². The Morgan fingerprint density at radius 3 is 2.62 bits per heavy atom. The van der Waals surface area contributed by atoms with Gasteiger partial charge in [-0.25, -0.2) is 0 Å². The van der Waals surface area contributed by atoms with E-state index in [2.05, 4.69) is 73.2 Å². The van der Waals surface area contributed by atoms with Crippen LogP contribution in [0.1, 0.15) is 74.0 Å². The van der Waals surface area contributed by atoms with Crippen LogP contribution in [-0.2, 0) is 13.0 Å². The van der Waals surface area contributed by atoms with Crippen molar-refractivity contribution in [3.63, 3.8) is 0 Å². The minimum Gasteiger partial charge on any atom is -0.370 e. The highest BCUT2D eigenvalue weighted by Crippen LogP contribution is 2.44. The van der Waals surface area contributed by atoms with Crippen molar-refractivity contribution in [3.05, 3.63) is 66.0 Å². The van der Waals surface area contributed by atoms with Gasteiger partial charge in [-0.1, -0.05) is 25.8 Å². The van der Waals surface area contributed by atoms with Crippen molar-refractivity contribution in [1.82, 2.24) is 9.47 Å². The highest BCUT2D eigenvalue weighted by Gasteiger charge is 2.33. The zero-order chi connectivity index (χ0) is 26.3. The molecule has 5 heteroatoms. The van der Waals surface area contributed by atoms with Crippen LogP contribution < -0.4 is 10.6 Å². The maximum atomic E-state index is 6.30. The SMILES string of the molecule is C=Cc1cc(C=Nc2cc(C(=C)N3CCCC(N)C3)cc3c2N(C)C(C)(C)CC3)n(CC2CC2)c1C=C. The fourth-order valence-electron chi connectivity index (χ4n) is 5.87. The summed E-state index contributed by atoms with van der Waals surface area (Å²) in [6, 6.07) is 6.97. The van der Waals surface area contributed by atoms with Gasteiger partial charge in [0.05, 0.1) is 23.3 Å². The van der Waals surface area contributed by atoms with Crippen molar-refractivity contribution in [2.45, 2.75) is 70.5 Å². The van der Waals surface area contributed by atoms with Crippen molar-refractivity contribution in [1.29, 1.82) is 0 Å². The van der Waals surface area contributed by atoms with Gasteiger partial charge in [-0.3, -0.25) is 4.99 Å². The predicted molar refractivity (Wildman–Crippen MR) is 160 cm³/mol. The Labute approximate surface area is 223 Å². The fourth-order valence-corrected chi connectivity index (χ4v) is 5.87. The van der Waals surface area contributed by atoms with Crippen LogP contribution in [0.3, 0.4) is 0 Å². The Morgan fingerprint density at radius 1 is 1.16 bits per heavy atom. The lowest BCUT2D eigenvalue weighted by Crippen LogP contribution is -2.45. The van der Waals surface area contributed by atoms with Crippen molar-refractivity contribution in [2.24, 2.45) is 16.6 Å². The molecule has 37 heavy (non-hydrogen) atoms. The van der Waals surface area contributed by atoms with Gasteiger partial charge in [0, 0.05) is 49.7 Å². The number of hydrogen-bond donors (Lipinski definition) is 1. The number of fused-ring (bicyclic) bond motifs is 1. The highest BCUT2D eigenvalue weighted by molar-refractivity contribution is 5.87. The van der Waals surface area contributed by atoms with E-state index in [0.29, 0.717) is 0 Å². The van der Waals surface area contributed by atoms with Gasteiger partial charge in [0.1, 0.15) is 0 Å².